The molecule has 0 spiro atoms. The highest BCUT2D eigenvalue weighted by Gasteiger charge is 2.28. The van der Waals surface area contributed by atoms with Gasteiger partial charge in [-0.25, -0.2) is 4.79 Å². The fourth-order valence-corrected chi connectivity index (χ4v) is 0.782. The first-order valence-corrected chi connectivity index (χ1v) is 5.21. The fraction of sp³-hybridized carbons (Fsp3) is 0.900. The maximum absolute atomic E-state index is 10.4. The summed E-state index contributed by atoms with van der Waals surface area (Å²) in [5, 5.41) is 23.0. The van der Waals surface area contributed by atoms with Crippen LogP contribution in [-0.2, 0) is 4.79 Å². The molecule has 1 unspecified atom stereocenters. The monoisotopic (exact) mass is 220 g/mol. The highest BCUT2D eigenvalue weighted by atomic mass is 16.4. The molecule has 1 atom stereocenters. The van der Waals surface area contributed by atoms with Gasteiger partial charge >= 0.3 is 5.97 Å². The van der Waals surface area contributed by atoms with Gasteiger partial charge in [-0.05, 0) is 34.0 Å². The Kier molecular flexibility index (Phi) is 11.1. The van der Waals surface area contributed by atoms with Crippen molar-refractivity contribution < 1.29 is 15.0 Å². The Hall–Kier alpha value is -0.650. The number of nitrogens with one attached hydrogen (secondary N) is 2. The maximum Gasteiger partial charge on any atom is 0.350 e. The summed E-state index contributed by atoms with van der Waals surface area (Å²) >= 11 is 0. The largest absolute Gasteiger partial charge is 0.478 e. The lowest BCUT2D eigenvalue weighted by Crippen LogP contribution is -2.49. The third-order valence-electron chi connectivity index (χ3n) is 1.67. The van der Waals surface area contributed by atoms with Crippen molar-refractivity contribution in [1.29, 1.82) is 0 Å². The smallest absolute Gasteiger partial charge is 0.350 e. The molecule has 0 radical (unpaired) electrons. The first-order valence-electron chi connectivity index (χ1n) is 5.21. The van der Waals surface area contributed by atoms with E-state index in [4.69, 9.17) is 5.11 Å². The average molecular weight is 220 g/mol. The molecule has 0 amide bonds. The highest BCUT2D eigenvalue weighted by Crippen LogP contribution is 1.99. The van der Waals surface area contributed by atoms with Crippen LogP contribution < -0.4 is 10.6 Å². The summed E-state index contributed by atoms with van der Waals surface area (Å²) in [6.45, 7) is 3.84. The molecule has 0 rings (SSSR count). The Morgan fingerprint density at radius 2 is 1.80 bits per heavy atom. The Morgan fingerprint density at radius 3 is 2.13 bits per heavy atom. The minimum Gasteiger partial charge on any atom is -0.478 e. The second-order valence-electron chi connectivity index (χ2n) is 3.51. The number of hydrogen-bond donors (Lipinski definition) is 4. The van der Waals surface area contributed by atoms with E-state index >= 15 is 0 Å². The zero-order valence-corrected chi connectivity index (χ0v) is 10.1. The van der Waals surface area contributed by atoms with Crippen molar-refractivity contribution in [2.45, 2.75) is 38.8 Å². The number of rotatable bonds is 6. The molecule has 92 valence electrons. The molecular weight excluding hydrogens is 196 g/mol. The molecule has 0 aromatic carbocycles. The summed E-state index contributed by atoms with van der Waals surface area (Å²) < 4.78 is 0. The van der Waals surface area contributed by atoms with Crippen LogP contribution in [0.3, 0.4) is 0 Å². The van der Waals surface area contributed by atoms with E-state index < -0.39 is 11.7 Å². The van der Waals surface area contributed by atoms with Gasteiger partial charge in [0.1, 0.15) is 0 Å². The lowest BCUT2D eigenvalue weighted by Gasteiger charge is -2.19. The van der Waals surface area contributed by atoms with Gasteiger partial charge in [-0.2, -0.15) is 0 Å². The molecular formula is C10H24N2O3. The van der Waals surface area contributed by atoms with Crippen molar-refractivity contribution in [1.82, 2.24) is 10.6 Å². The summed E-state index contributed by atoms with van der Waals surface area (Å²) in [4.78, 5) is 10.4. The summed E-state index contributed by atoms with van der Waals surface area (Å²) in [5.41, 5.74) is -1.78. The summed E-state index contributed by atoms with van der Waals surface area (Å²) in [7, 11) is 3.75. The van der Waals surface area contributed by atoms with Crippen LogP contribution in [0.25, 0.3) is 0 Å². The van der Waals surface area contributed by atoms with Gasteiger partial charge in [0.15, 0.2) is 0 Å². The molecule has 0 aromatic rings. The predicted octanol–water partition coefficient (Wildman–Crippen LogP) is 0.395. The molecule has 0 aliphatic heterocycles. The summed E-state index contributed by atoms with van der Waals surface area (Å²) in [5.74, 6) is -1.24. The highest BCUT2D eigenvalue weighted by molar-refractivity contribution is 5.75. The molecule has 0 heterocycles. The summed E-state index contributed by atoms with van der Waals surface area (Å²) in [6.07, 6.45) is 3.01. The molecule has 0 aliphatic carbocycles. The topological polar surface area (TPSA) is 81.6 Å². The van der Waals surface area contributed by atoms with E-state index in [1.54, 1.807) is 0 Å². The number of carboxylic acid groups (broad SMARTS) is 1. The lowest BCUT2D eigenvalue weighted by atomic mass is 10.2. The molecule has 0 saturated carbocycles. The Morgan fingerprint density at radius 1 is 1.33 bits per heavy atom. The number of unbranched alkanes of at least 4 members (excludes halogenated alkanes) is 2. The van der Waals surface area contributed by atoms with Gasteiger partial charge in [-0.3, -0.25) is 5.32 Å². The minimum atomic E-state index is -1.78. The van der Waals surface area contributed by atoms with Crippen molar-refractivity contribution in [2.75, 3.05) is 20.6 Å². The van der Waals surface area contributed by atoms with Gasteiger partial charge in [0, 0.05) is 0 Å². The summed E-state index contributed by atoms with van der Waals surface area (Å²) in [6, 6.07) is 0. The van der Waals surface area contributed by atoms with Crippen molar-refractivity contribution in [3.63, 3.8) is 0 Å². The fourth-order valence-electron chi connectivity index (χ4n) is 0.782. The average Bonchev–Trinajstić information content (AvgIpc) is 2.13. The van der Waals surface area contributed by atoms with Crippen LogP contribution in [0.5, 0.6) is 0 Å². The normalized spacial score (nSPS) is 13.7. The molecule has 5 nitrogen and oxygen atoms in total. The van der Waals surface area contributed by atoms with Gasteiger partial charge in [0.25, 0.3) is 0 Å². The lowest BCUT2D eigenvalue weighted by molar-refractivity contribution is -0.160. The van der Waals surface area contributed by atoms with Crippen LogP contribution in [0.15, 0.2) is 0 Å². The zero-order valence-electron chi connectivity index (χ0n) is 10.1. The third-order valence-corrected chi connectivity index (χ3v) is 1.67. The maximum atomic E-state index is 10.4. The van der Waals surface area contributed by atoms with Crippen LogP contribution in [-0.4, -0.2) is 42.5 Å². The standard InChI is InChI=1S/C8H17NO3.C2H7N/c1-3-4-5-6-9-8(2,12)7(10)11;1-3-2/h9,12H,3-6H2,1-2H3,(H,10,11);3H,1-2H3. The quantitative estimate of drug-likeness (QED) is 0.385. The van der Waals surface area contributed by atoms with E-state index in [0.717, 1.165) is 19.3 Å². The van der Waals surface area contributed by atoms with Crippen LogP contribution >= 0.6 is 0 Å². The Bertz CT molecular complexity index is 161. The molecule has 15 heavy (non-hydrogen) atoms. The van der Waals surface area contributed by atoms with E-state index in [1.807, 2.05) is 14.1 Å². The molecule has 5 heteroatoms. The van der Waals surface area contributed by atoms with E-state index in [2.05, 4.69) is 17.6 Å². The van der Waals surface area contributed by atoms with E-state index in [0.29, 0.717) is 6.54 Å². The minimum absolute atomic E-state index is 0.535. The van der Waals surface area contributed by atoms with Gasteiger partial charge in [0.2, 0.25) is 5.72 Å². The number of aliphatic hydroxyl groups is 1. The molecule has 0 aliphatic rings. The van der Waals surface area contributed by atoms with E-state index in [-0.39, 0.29) is 0 Å². The third kappa shape index (κ3) is 11.3. The van der Waals surface area contributed by atoms with Gasteiger partial charge in [-0.15, -0.1) is 0 Å². The molecule has 0 fully saturated rings. The van der Waals surface area contributed by atoms with Crippen LogP contribution in [0.2, 0.25) is 0 Å². The van der Waals surface area contributed by atoms with Crippen LogP contribution in [0, 0.1) is 0 Å². The van der Waals surface area contributed by atoms with Gasteiger partial charge in [0.05, 0.1) is 0 Å². The SMILES string of the molecule is CCCCCNC(C)(O)C(=O)O.CNC. The number of aliphatic carboxylic acids is 1. The van der Waals surface area contributed by atoms with E-state index in [9.17, 15) is 9.90 Å². The number of carboxylic acids is 1. The second-order valence-corrected chi connectivity index (χ2v) is 3.51. The molecule has 0 aromatic heterocycles. The number of hydrogen-bond acceptors (Lipinski definition) is 4. The van der Waals surface area contributed by atoms with Gasteiger partial charge in [-0.1, -0.05) is 19.8 Å². The van der Waals surface area contributed by atoms with Crippen molar-refractivity contribution >= 4 is 5.97 Å². The van der Waals surface area contributed by atoms with Gasteiger partial charge < -0.3 is 15.5 Å². The zero-order chi connectivity index (χ0) is 12.3. The second kappa shape index (κ2) is 9.89. The first kappa shape index (κ1) is 16.8. The Balaban J connectivity index is 0. The van der Waals surface area contributed by atoms with Crippen molar-refractivity contribution in [2.24, 2.45) is 0 Å². The predicted molar refractivity (Wildman–Crippen MR) is 60.8 cm³/mol. The molecule has 0 bridgehead atoms. The first-order chi connectivity index (χ1) is 6.92. The van der Waals surface area contributed by atoms with E-state index in [1.165, 1.54) is 6.92 Å². The molecule has 0 saturated heterocycles. The van der Waals surface area contributed by atoms with Crippen molar-refractivity contribution in [3.8, 4) is 0 Å². The Labute approximate surface area is 91.9 Å². The molecule has 4 N–H and O–H groups in total. The van der Waals surface area contributed by atoms with Crippen LogP contribution in [0.4, 0.5) is 0 Å². The van der Waals surface area contributed by atoms with Crippen molar-refractivity contribution in [3.05, 3.63) is 0 Å². The van der Waals surface area contributed by atoms with Crippen LogP contribution in [0.1, 0.15) is 33.1 Å². The number of carbonyl (C=O) groups is 1.